The first-order valence-electron chi connectivity index (χ1n) is 3.35. The second kappa shape index (κ2) is 4.82. The zero-order valence-electron chi connectivity index (χ0n) is 6.53. The van der Waals surface area contributed by atoms with Gasteiger partial charge in [0, 0.05) is 0 Å². The highest BCUT2D eigenvalue weighted by molar-refractivity contribution is 7.74. The number of rotatable bonds is 4. The van der Waals surface area contributed by atoms with Crippen molar-refractivity contribution in [1.82, 2.24) is 0 Å². The van der Waals surface area contributed by atoms with Crippen molar-refractivity contribution in [2.75, 3.05) is 0 Å². The molecule has 0 saturated carbocycles. The summed E-state index contributed by atoms with van der Waals surface area (Å²) < 4.78 is 23.1. The fraction of sp³-hybridized carbons (Fsp3) is 1.00. The Bertz CT molecular complexity index is 116. The molecule has 0 aliphatic heterocycles. The monoisotopic (exact) mass is 166 g/mol. The van der Waals surface area contributed by atoms with E-state index in [4.69, 9.17) is 4.55 Å². The van der Waals surface area contributed by atoms with Crippen LogP contribution in [-0.4, -0.2) is 14.9 Å². The summed E-state index contributed by atoms with van der Waals surface area (Å²) in [5.74, 6) is 0.330. The Morgan fingerprint density at radius 1 is 1.60 bits per heavy atom. The maximum Gasteiger partial charge on any atom is 0.302 e. The molecule has 0 aliphatic rings. The van der Waals surface area contributed by atoms with Crippen LogP contribution in [0.25, 0.3) is 0 Å². The van der Waals surface area contributed by atoms with Crippen LogP contribution in [0.15, 0.2) is 0 Å². The van der Waals surface area contributed by atoms with Crippen LogP contribution in [0.1, 0.15) is 27.2 Å². The van der Waals surface area contributed by atoms with Crippen LogP contribution in [0.4, 0.5) is 0 Å². The van der Waals surface area contributed by atoms with Gasteiger partial charge in [0.05, 0.1) is 6.10 Å². The molecule has 0 aromatic heterocycles. The van der Waals surface area contributed by atoms with E-state index in [1.54, 1.807) is 6.92 Å². The third-order valence-electron chi connectivity index (χ3n) is 1.68. The third-order valence-corrected chi connectivity index (χ3v) is 2.15. The van der Waals surface area contributed by atoms with E-state index in [0.29, 0.717) is 5.92 Å². The summed E-state index contributed by atoms with van der Waals surface area (Å²) in [6.07, 6.45) is 0.814. The largest absolute Gasteiger partial charge is 0.302 e. The Morgan fingerprint density at radius 2 is 2.10 bits per heavy atom. The summed E-state index contributed by atoms with van der Waals surface area (Å²) in [6.45, 7) is 5.80. The fourth-order valence-corrected chi connectivity index (χ4v) is 1.01. The molecule has 0 heterocycles. The van der Waals surface area contributed by atoms with E-state index in [9.17, 15) is 4.21 Å². The predicted octanol–water partition coefficient (Wildman–Crippen LogP) is 1.57. The summed E-state index contributed by atoms with van der Waals surface area (Å²) in [5, 5.41) is 0. The number of hydrogen-bond donors (Lipinski definition) is 1. The van der Waals surface area contributed by atoms with Gasteiger partial charge in [0.15, 0.2) is 0 Å². The predicted molar refractivity (Wildman–Crippen MR) is 40.8 cm³/mol. The fourth-order valence-electron chi connectivity index (χ4n) is 0.557. The molecule has 0 spiro atoms. The van der Waals surface area contributed by atoms with Crippen LogP contribution in [0.2, 0.25) is 0 Å². The molecule has 0 aromatic rings. The first-order valence-corrected chi connectivity index (χ1v) is 4.39. The molecule has 0 aliphatic carbocycles. The van der Waals surface area contributed by atoms with Crippen molar-refractivity contribution in [2.45, 2.75) is 33.3 Å². The van der Waals surface area contributed by atoms with Gasteiger partial charge in [-0.1, -0.05) is 20.3 Å². The first kappa shape index (κ1) is 10.1. The average Bonchev–Trinajstić information content (AvgIpc) is 1.85. The maximum absolute atomic E-state index is 10.1. The highest BCUT2D eigenvalue weighted by Crippen LogP contribution is 2.10. The van der Waals surface area contributed by atoms with Crippen molar-refractivity contribution in [3.8, 4) is 0 Å². The molecule has 0 amide bonds. The lowest BCUT2D eigenvalue weighted by Gasteiger charge is -2.15. The Morgan fingerprint density at radius 3 is 2.40 bits per heavy atom. The molecule has 0 saturated heterocycles. The molecule has 0 radical (unpaired) electrons. The van der Waals surface area contributed by atoms with Crippen LogP contribution >= 0.6 is 0 Å². The van der Waals surface area contributed by atoms with Crippen molar-refractivity contribution < 1.29 is 12.9 Å². The molecule has 1 N–H and O–H groups in total. The molecular formula is C6H14O3S. The molecule has 0 fully saturated rings. The van der Waals surface area contributed by atoms with Gasteiger partial charge < -0.3 is 0 Å². The summed E-state index contributed by atoms with van der Waals surface area (Å²) in [4.78, 5) is 0. The highest BCUT2D eigenvalue weighted by atomic mass is 32.2. The summed E-state index contributed by atoms with van der Waals surface area (Å²) >= 11 is -2.12. The van der Waals surface area contributed by atoms with E-state index in [1.165, 1.54) is 0 Å². The zero-order chi connectivity index (χ0) is 8.15. The van der Waals surface area contributed by atoms with Crippen LogP contribution in [0, 0.1) is 5.92 Å². The van der Waals surface area contributed by atoms with Gasteiger partial charge in [0.2, 0.25) is 0 Å². The summed E-state index contributed by atoms with van der Waals surface area (Å²) in [7, 11) is 0. The van der Waals surface area contributed by atoms with Crippen LogP contribution in [0.5, 0.6) is 0 Å². The molecule has 3 nitrogen and oxygen atoms in total. The van der Waals surface area contributed by atoms with Gasteiger partial charge in [0.1, 0.15) is 0 Å². The average molecular weight is 166 g/mol. The zero-order valence-corrected chi connectivity index (χ0v) is 7.35. The van der Waals surface area contributed by atoms with Crippen molar-refractivity contribution >= 4 is 11.4 Å². The Balaban J connectivity index is 3.61. The van der Waals surface area contributed by atoms with Crippen molar-refractivity contribution in [3.05, 3.63) is 0 Å². The number of hydrogen-bond acceptors (Lipinski definition) is 2. The van der Waals surface area contributed by atoms with E-state index in [1.807, 2.05) is 13.8 Å². The minimum atomic E-state index is -2.12. The quantitative estimate of drug-likeness (QED) is 0.645. The van der Waals surface area contributed by atoms with Gasteiger partial charge in [-0.25, -0.2) is 0 Å². The van der Waals surface area contributed by atoms with Crippen molar-refractivity contribution in [3.63, 3.8) is 0 Å². The molecule has 0 rings (SSSR count). The van der Waals surface area contributed by atoms with Gasteiger partial charge >= 0.3 is 11.4 Å². The second-order valence-corrected chi connectivity index (χ2v) is 3.03. The first-order chi connectivity index (χ1) is 4.57. The summed E-state index contributed by atoms with van der Waals surface area (Å²) in [6, 6.07) is 0. The molecule has 0 bridgehead atoms. The lowest BCUT2D eigenvalue weighted by atomic mass is 10.0. The minimum Gasteiger partial charge on any atom is -0.284 e. The van der Waals surface area contributed by atoms with Crippen molar-refractivity contribution in [2.24, 2.45) is 5.92 Å². The summed E-state index contributed by atoms with van der Waals surface area (Å²) in [5.41, 5.74) is 0. The lowest BCUT2D eigenvalue weighted by molar-refractivity contribution is 0.162. The molecule has 4 heteroatoms. The lowest BCUT2D eigenvalue weighted by Crippen LogP contribution is -2.18. The van der Waals surface area contributed by atoms with Crippen LogP contribution in [0.3, 0.4) is 0 Å². The SMILES string of the molecule is CCC(C)C(C)OS(=O)O. The Hall–Kier alpha value is 0.0700. The van der Waals surface area contributed by atoms with Gasteiger partial charge in [-0.15, -0.1) is 0 Å². The normalized spacial score (nSPS) is 20.0. The van der Waals surface area contributed by atoms with Gasteiger partial charge in [-0.05, 0) is 12.8 Å². The van der Waals surface area contributed by atoms with E-state index in [0.717, 1.165) is 6.42 Å². The van der Waals surface area contributed by atoms with E-state index >= 15 is 0 Å². The van der Waals surface area contributed by atoms with E-state index in [2.05, 4.69) is 4.18 Å². The maximum atomic E-state index is 10.1. The molecular weight excluding hydrogens is 152 g/mol. The smallest absolute Gasteiger partial charge is 0.284 e. The molecule has 10 heavy (non-hydrogen) atoms. The molecule has 0 aromatic carbocycles. The minimum absolute atomic E-state index is 0.143. The third kappa shape index (κ3) is 3.98. The van der Waals surface area contributed by atoms with Gasteiger partial charge in [0.25, 0.3) is 0 Å². The topological polar surface area (TPSA) is 46.5 Å². The molecule has 3 atom stereocenters. The van der Waals surface area contributed by atoms with Gasteiger partial charge in [-0.3, -0.25) is 8.74 Å². The van der Waals surface area contributed by atoms with Crippen LogP contribution < -0.4 is 0 Å². The van der Waals surface area contributed by atoms with Crippen LogP contribution in [-0.2, 0) is 15.5 Å². The van der Waals surface area contributed by atoms with E-state index < -0.39 is 11.4 Å². The Kier molecular flexibility index (Phi) is 4.85. The van der Waals surface area contributed by atoms with Gasteiger partial charge in [-0.2, -0.15) is 4.21 Å². The van der Waals surface area contributed by atoms with Crippen molar-refractivity contribution in [1.29, 1.82) is 0 Å². The highest BCUT2D eigenvalue weighted by Gasteiger charge is 2.12. The Labute approximate surface area is 64.3 Å². The second-order valence-electron chi connectivity index (χ2n) is 2.40. The molecule has 62 valence electrons. The standard InChI is InChI=1S/C6H14O3S/c1-4-5(2)6(3)9-10(7)8/h5-6H,4H2,1-3H3,(H,7,8). The molecule has 3 unspecified atom stereocenters. The van der Waals surface area contributed by atoms with E-state index in [-0.39, 0.29) is 6.10 Å².